The van der Waals surface area contributed by atoms with Crippen LogP contribution < -0.4 is 20.1 Å². The lowest BCUT2D eigenvalue weighted by Gasteiger charge is -2.14. The Morgan fingerprint density at radius 3 is 2.52 bits per heavy atom. The van der Waals surface area contributed by atoms with Crippen molar-refractivity contribution in [2.45, 2.75) is 19.6 Å². The highest BCUT2D eigenvalue weighted by Gasteiger charge is 2.09. The second-order valence-corrected chi connectivity index (χ2v) is 6.69. The van der Waals surface area contributed by atoms with Crippen LogP contribution in [0.15, 0.2) is 29.3 Å². The maximum absolute atomic E-state index is 12.4. The lowest BCUT2D eigenvalue weighted by Crippen LogP contribution is -2.38. The Labute approximate surface area is 163 Å². The third-order valence-corrected chi connectivity index (χ3v) is 3.60. The van der Waals surface area contributed by atoms with Crippen LogP contribution in [-0.4, -0.2) is 47.4 Å². The SMILES string of the molecule is CN=C(NCCCNS(C)(=O)=O)NCc1ccccc1OC(F)F.I. The van der Waals surface area contributed by atoms with E-state index in [0.29, 0.717) is 31.0 Å². The quantitative estimate of drug-likeness (QED) is 0.211. The normalized spacial score (nSPS) is 11.8. The lowest BCUT2D eigenvalue weighted by atomic mass is 10.2. The Bertz CT molecular complexity index is 645. The summed E-state index contributed by atoms with van der Waals surface area (Å²) in [7, 11) is -1.62. The van der Waals surface area contributed by atoms with Gasteiger partial charge in [0.2, 0.25) is 10.0 Å². The van der Waals surface area contributed by atoms with Gasteiger partial charge in [-0.15, -0.1) is 24.0 Å². The van der Waals surface area contributed by atoms with Crippen molar-refractivity contribution in [3.05, 3.63) is 29.8 Å². The topological polar surface area (TPSA) is 91.8 Å². The van der Waals surface area contributed by atoms with Crippen LogP contribution in [0.1, 0.15) is 12.0 Å². The number of nitrogens with one attached hydrogen (secondary N) is 3. The number of halogens is 3. The number of para-hydroxylation sites is 1. The zero-order chi connectivity index (χ0) is 18.0. The number of hydrogen-bond donors (Lipinski definition) is 3. The first-order chi connectivity index (χ1) is 11.3. The summed E-state index contributed by atoms with van der Waals surface area (Å²) in [5, 5.41) is 5.98. The number of benzene rings is 1. The molecule has 0 saturated carbocycles. The van der Waals surface area contributed by atoms with Gasteiger partial charge in [-0.2, -0.15) is 8.78 Å². The van der Waals surface area contributed by atoms with Crippen molar-refractivity contribution < 1.29 is 21.9 Å². The molecular formula is C14H23F2IN4O3S. The molecule has 1 aromatic carbocycles. The van der Waals surface area contributed by atoms with E-state index in [2.05, 4.69) is 25.1 Å². The maximum atomic E-state index is 12.4. The Morgan fingerprint density at radius 2 is 1.92 bits per heavy atom. The monoisotopic (exact) mass is 492 g/mol. The summed E-state index contributed by atoms with van der Waals surface area (Å²) in [6.45, 7) is -1.82. The molecule has 0 atom stereocenters. The van der Waals surface area contributed by atoms with Gasteiger partial charge >= 0.3 is 6.61 Å². The molecule has 0 spiro atoms. The van der Waals surface area contributed by atoms with E-state index in [0.717, 1.165) is 6.26 Å². The largest absolute Gasteiger partial charge is 0.434 e. The summed E-state index contributed by atoms with van der Waals surface area (Å²) in [5.74, 6) is 0.578. The molecule has 0 aliphatic heterocycles. The third kappa shape index (κ3) is 11.1. The number of hydrogen-bond acceptors (Lipinski definition) is 4. The molecule has 0 amide bonds. The highest BCUT2D eigenvalue weighted by atomic mass is 127. The molecule has 0 radical (unpaired) electrons. The fourth-order valence-corrected chi connectivity index (χ4v) is 2.33. The fourth-order valence-electron chi connectivity index (χ4n) is 1.81. The molecule has 0 unspecified atom stereocenters. The number of guanidine groups is 1. The third-order valence-electron chi connectivity index (χ3n) is 2.87. The van der Waals surface area contributed by atoms with Gasteiger partial charge in [-0.05, 0) is 12.5 Å². The highest BCUT2D eigenvalue weighted by molar-refractivity contribution is 14.0. The maximum Gasteiger partial charge on any atom is 0.387 e. The van der Waals surface area contributed by atoms with Crippen molar-refractivity contribution in [2.75, 3.05) is 26.4 Å². The molecule has 1 aromatic rings. The van der Waals surface area contributed by atoms with Gasteiger partial charge in [0.15, 0.2) is 5.96 Å². The van der Waals surface area contributed by atoms with Crippen LogP contribution in [0, 0.1) is 0 Å². The minimum atomic E-state index is -3.19. The lowest BCUT2D eigenvalue weighted by molar-refractivity contribution is -0.0504. The van der Waals surface area contributed by atoms with Gasteiger partial charge in [-0.3, -0.25) is 4.99 Å². The van der Waals surface area contributed by atoms with Crippen molar-refractivity contribution in [3.8, 4) is 5.75 Å². The number of aliphatic imine (C=N–C) groups is 1. The molecule has 0 heterocycles. The van der Waals surface area contributed by atoms with Crippen LogP contribution in [0.5, 0.6) is 5.75 Å². The second-order valence-electron chi connectivity index (χ2n) is 4.86. The second kappa shape index (κ2) is 12.2. The molecular weight excluding hydrogens is 469 g/mol. The van der Waals surface area contributed by atoms with Gasteiger partial charge in [-0.1, -0.05) is 18.2 Å². The molecule has 0 fully saturated rings. The van der Waals surface area contributed by atoms with E-state index in [-0.39, 0.29) is 36.3 Å². The number of alkyl halides is 2. The van der Waals surface area contributed by atoms with Gasteiger partial charge in [0.25, 0.3) is 0 Å². The first kappa shape index (κ1) is 23.8. The molecule has 7 nitrogen and oxygen atoms in total. The average molecular weight is 492 g/mol. The van der Waals surface area contributed by atoms with Crippen molar-refractivity contribution >= 4 is 40.0 Å². The smallest absolute Gasteiger partial charge is 0.387 e. The molecule has 3 N–H and O–H groups in total. The van der Waals surface area contributed by atoms with Gasteiger partial charge in [0.05, 0.1) is 6.26 Å². The number of nitrogens with zero attached hydrogens (tertiary/aromatic N) is 1. The molecule has 1 rings (SSSR count). The highest BCUT2D eigenvalue weighted by Crippen LogP contribution is 2.19. The Hall–Kier alpha value is -1.21. The average Bonchev–Trinajstić information content (AvgIpc) is 2.49. The summed E-state index contributed by atoms with van der Waals surface area (Å²) in [5.41, 5.74) is 0.569. The summed E-state index contributed by atoms with van der Waals surface area (Å²) < 4.78 is 53.4. The molecule has 0 aromatic heterocycles. The molecule has 0 aliphatic carbocycles. The van der Waals surface area contributed by atoms with E-state index in [9.17, 15) is 17.2 Å². The van der Waals surface area contributed by atoms with Crippen molar-refractivity contribution in [1.29, 1.82) is 0 Å². The summed E-state index contributed by atoms with van der Waals surface area (Å²) in [6, 6.07) is 6.48. The Balaban J connectivity index is 0.00000576. The first-order valence-corrected chi connectivity index (χ1v) is 9.13. The van der Waals surface area contributed by atoms with Gasteiger partial charge < -0.3 is 15.4 Å². The van der Waals surface area contributed by atoms with E-state index in [1.54, 1.807) is 25.2 Å². The summed E-state index contributed by atoms with van der Waals surface area (Å²) in [4.78, 5) is 4.01. The molecule has 0 bridgehead atoms. The van der Waals surface area contributed by atoms with Gasteiger partial charge in [0, 0.05) is 32.2 Å². The molecule has 11 heteroatoms. The first-order valence-electron chi connectivity index (χ1n) is 7.23. The van der Waals surface area contributed by atoms with E-state index in [1.165, 1.54) is 6.07 Å². The minimum Gasteiger partial charge on any atom is -0.434 e. The van der Waals surface area contributed by atoms with Crippen LogP contribution in [0.2, 0.25) is 0 Å². The Kier molecular flexibility index (Phi) is 11.6. The fraction of sp³-hybridized carbons (Fsp3) is 0.500. The van der Waals surface area contributed by atoms with Crippen LogP contribution in [0.4, 0.5) is 8.78 Å². The Morgan fingerprint density at radius 1 is 1.24 bits per heavy atom. The van der Waals surface area contributed by atoms with Crippen molar-refractivity contribution in [1.82, 2.24) is 15.4 Å². The van der Waals surface area contributed by atoms with Crippen LogP contribution in [0.25, 0.3) is 0 Å². The van der Waals surface area contributed by atoms with Crippen LogP contribution in [-0.2, 0) is 16.6 Å². The van der Waals surface area contributed by atoms with Gasteiger partial charge in [-0.25, -0.2) is 13.1 Å². The molecule has 144 valence electrons. The van der Waals surface area contributed by atoms with E-state index >= 15 is 0 Å². The zero-order valence-electron chi connectivity index (χ0n) is 14.0. The predicted molar refractivity (Wildman–Crippen MR) is 104 cm³/mol. The standard InChI is InChI=1S/C14H22F2N4O3S.HI/c1-17-14(18-8-5-9-20-24(2,21)22)19-10-11-6-3-4-7-12(11)23-13(15)16;/h3-4,6-7,13,20H,5,8-10H2,1-2H3,(H2,17,18,19);1H. The minimum absolute atomic E-state index is 0. The number of rotatable bonds is 9. The van der Waals surface area contributed by atoms with E-state index in [1.807, 2.05) is 0 Å². The molecule has 0 aliphatic rings. The molecule has 25 heavy (non-hydrogen) atoms. The number of ether oxygens (including phenoxy) is 1. The van der Waals surface area contributed by atoms with Crippen LogP contribution in [0.3, 0.4) is 0 Å². The zero-order valence-corrected chi connectivity index (χ0v) is 17.1. The van der Waals surface area contributed by atoms with Crippen molar-refractivity contribution in [3.63, 3.8) is 0 Å². The summed E-state index contributed by atoms with van der Waals surface area (Å²) >= 11 is 0. The predicted octanol–water partition coefficient (Wildman–Crippen LogP) is 1.51. The van der Waals surface area contributed by atoms with Crippen molar-refractivity contribution in [2.24, 2.45) is 4.99 Å². The number of sulfonamides is 1. The summed E-state index contributed by atoms with van der Waals surface area (Å²) in [6.07, 6.45) is 1.67. The van der Waals surface area contributed by atoms with Gasteiger partial charge in [0.1, 0.15) is 5.75 Å². The van der Waals surface area contributed by atoms with E-state index < -0.39 is 16.6 Å². The molecule has 0 saturated heterocycles. The van der Waals surface area contributed by atoms with E-state index in [4.69, 9.17) is 0 Å². The van der Waals surface area contributed by atoms with Crippen LogP contribution >= 0.6 is 24.0 Å².